The number of ether oxygens (including phenoxy) is 1. The lowest BCUT2D eigenvalue weighted by Gasteiger charge is -2.11. The number of likely N-dealkylation sites (N-methyl/N-ethyl adjacent to an activating group) is 1. The number of nitrogens with zero attached hydrogens (tertiary/aromatic N) is 2. The van der Waals surface area contributed by atoms with E-state index in [1.807, 2.05) is 24.6 Å². The van der Waals surface area contributed by atoms with Crippen molar-refractivity contribution in [3.63, 3.8) is 0 Å². The van der Waals surface area contributed by atoms with Crippen LogP contribution in [0.4, 0.5) is 0 Å². The van der Waals surface area contributed by atoms with Gasteiger partial charge in [0.1, 0.15) is 0 Å². The number of nitrogens with one attached hydrogen (secondary N) is 1. The minimum atomic E-state index is 0.191. The summed E-state index contributed by atoms with van der Waals surface area (Å²) in [5.74, 6) is 1.28. The van der Waals surface area contributed by atoms with Gasteiger partial charge in [-0.3, -0.25) is 0 Å². The lowest BCUT2D eigenvalue weighted by atomic mass is 10.2. The second kappa shape index (κ2) is 5.90. The van der Waals surface area contributed by atoms with Crippen molar-refractivity contribution in [3.8, 4) is 10.7 Å². The summed E-state index contributed by atoms with van der Waals surface area (Å²) in [6.45, 7) is 0.618. The van der Waals surface area contributed by atoms with Crippen LogP contribution in [0.5, 0.6) is 0 Å². The monoisotopic (exact) mass is 253 g/mol. The highest BCUT2D eigenvalue weighted by molar-refractivity contribution is 7.13. The number of hydrogen-bond donors (Lipinski definition) is 1. The van der Waals surface area contributed by atoms with E-state index in [2.05, 4.69) is 15.5 Å². The molecule has 0 spiro atoms. The molecular weight excluding hydrogens is 238 g/mol. The molecule has 0 radical (unpaired) electrons. The summed E-state index contributed by atoms with van der Waals surface area (Å²) < 4.78 is 10.3. The third-order valence-electron chi connectivity index (χ3n) is 2.41. The van der Waals surface area contributed by atoms with Gasteiger partial charge in [0.25, 0.3) is 0 Å². The maximum absolute atomic E-state index is 5.22. The second-order valence-electron chi connectivity index (χ2n) is 3.63. The predicted octanol–water partition coefficient (Wildman–Crippen LogP) is 1.57. The third kappa shape index (κ3) is 3.12. The normalized spacial score (nSPS) is 12.8. The van der Waals surface area contributed by atoms with Gasteiger partial charge in [0.2, 0.25) is 11.7 Å². The van der Waals surface area contributed by atoms with Crippen molar-refractivity contribution in [2.75, 3.05) is 20.8 Å². The fraction of sp³-hybridized carbons (Fsp3) is 0.455. The zero-order valence-corrected chi connectivity index (χ0v) is 10.7. The molecule has 0 aromatic carbocycles. The molecule has 5 nitrogen and oxygen atoms in total. The molecule has 92 valence electrons. The van der Waals surface area contributed by atoms with Gasteiger partial charge in [0.15, 0.2) is 0 Å². The number of rotatable bonds is 6. The lowest BCUT2D eigenvalue weighted by molar-refractivity contribution is 0.165. The molecule has 1 N–H and O–H groups in total. The lowest BCUT2D eigenvalue weighted by Crippen LogP contribution is -2.32. The maximum atomic E-state index is 5.22. The van der Waals surface area contributed by atoms with Gasteiger partial charge in [0.05, 0.1) is 11.5 Å². The Balaban J connectivity index is 2.03. The Labute approximate surface area is 104 Å². The van der Waals surface area contributed by atoms with E-state index in [-0.39, 0.29) is 6.04 Å². The molecule has 0 aliphatic carbocycles. The van der Waals surface area contributed by atoms with Crippen LogP contribution >= 0.6 is 11.3 Å². The molecule has 2 rings (SSSR count). The molecule has 0 bridgehead atoms. The van der Waals surface area contributed by atoms with E-state index in [1.54, 1.807) is 18.4 Å². The zero-order chi connectivity index (χ0) is 12.1. The van der Waals surface area contributed by atoms with Gasteiger partial charge in [-0.2, -0.15) is 4.98 Å². The number of hydrogen-bond acceptors (Lipinski definition) is 6. The van der Waals surface area contributed by atoms with Gasteiger partial charge in [-0.25, -0.2) is 0 Å². The molecule has 2 heterocycles. The minimum Gasteiger partial charge on any atom is -0.383 e. The molecule has 1 atom stereocenters. The summed E-state index contributed by atoms with van der Waals surface area (Å²) in [4.78, 5) is 5.38. The van der Waals surface area contributed by atoms with Gasteiger partial charge in [0, 0.05) is 19.6 Å². The summed E-state index contributed by atoms with van der Waals surface area (Å²) in [7, 11) is 3.56. The van der Waals surface area contributed by atoms with Crippen LogP contribution in [0.3, 0.4) is 0 Å². The number of methoxy groups -OCH3 is 1. The van der Waals surface area contributed by atoms with Crippen LogP contribution in [-0.4, -0.2) is 36.9 Å². The van der Waals surface area contributed by atoms with Crippen molar-refractivity contribution in [1.82, 2.24) is 15.5 Å². The number of aromatic nitrogens is 2. The van der Waals surface area contributed by atoms with E-state index < -0.39 is 0 Å². The SMILES string of the molecule is CNC(COC)Cc1nc(-c2cccs2)no1. The van der Waals surface area contributed by atoms with Crippen LogP contribution in [-0.2, 0) is 11.2 Å². The fourth-order valence-electron chi connectivity index (χ4n) is 1.50. The molecule has 17 heavy (non-hydrogen) atoms. The van der Waals surface area contributed by atoms with Crippen LogP contribution in [0.2, 0.25) is 0 Å². The highest BCUT2D eigenvalue weighted by Crippen LogP contribution is 2.21. The van der Waals surface area contributed by atoms with Crippen LogP contribution in [0.25, 0.3) is 10.7 Å². The minimum absolute atomic E-state index is 0.191. The summed E-state index contributed by atoms with van der Waals surface area (Å²) >= 11 is 1.60. The number of thiophene rings is 1. The van der Waals surface area contributed by atoms with Crippen LogP contribution in [0.1, 0.15) is 5.89 Å². The van der Waals surface area contributed by atoms with Crippen LogP contribution in [0.15, 0.2) is 22.0 Å². The standard InChI is InChI=1S/C11H15N3O2S/c1-12-8(7-15-2)6-10-13-11(14-16-10)9-4-3-5-17-9/h3-5,8,12H,6-7H2,1-2H3. The Morgan fingerprint density at radius 3 is 3.12 bits per heavy atom. The van der Waals surface area contributed by atoms with Crippen molar-refractivity contribution in [2.45, 2.75) is 12.5 Å². The summed E-state index contributed by atoms with van der Waals surface area (Å²) in [5, 5.41) is 9.10. The largest absolute Gasteiger partial charge is 0.383 e. The Hall–Kier alpha value is -1.24. The maximum Gasteiger partial charge on any atom is 0.228 e. The summed E-state index contributed by atoms with van der Waals surface area (Å²) in [6.07, 6.45) is 0.669. The first-order valence-electron chi connectivity index (χ1n) is 5.36. The van der Waals surface area contributed by atoms with Gasteiger partial charge >= 0.3 is 0 Å². The van der Waals surface area contributed by atoms with Gasteiger partial charge in [-0.1, -0.05) is 11.2 Å². The van der Waals surface area contributed by atoms with Crippen molar-refractivity contribution in [3.05, 3.63) is 23.4 Å². The first-order valence-corrected chi connectivity index (χ1v) is 6.24. The highest BCUT2D eigenvalue weighted by atomic mass is 32.1. The molecule has 0 aliphatic rings. The molecule has 2 aromatic heterocycles. The second-order valence-corrected chi connectivity index (χ2v) is 4.58. The molecule has 0 fully saturated rings. The summed E-state index contributed by atoms with van der Waals surface area (Å²) in [6, 6.07) is 4.14. The van der Waals surface area contributed by atoms with Gasteiger partial charge < -0.3 is 14.6 Å². The van der Waals surface area contributed by atoms with E-state index in [4.69, 9.17) is 9.26 Å². The third-order valence-corrected chi connectivity index (χ3v) is 3.27. The Bertz CT molecular complexity index is 441. The van der Waals surface area contributed by atoms with Crippen molar-refractivity contribution in [2.24, 2.45) is 0 Å². The average molecular weight is 253 g/mol. The molecule has 0 saturated heterocycles. The van der Waals surface area contributed by atoms with Gasteiger partial charge in [-0.15, -0.1) is 11.3 Å². The van der Waals surface area contributed by atoms with Crippen LogP contribution < -0.4 is 5.32 Å². The first-order chi connectivity index (χ1) is 8.33. The van der Waals surface area contributed by atoms with E-state index in [9.17, 15) is 0 Å². The summed E-state index contributed by atoms with van der Waals surface area (Å²) in [5.41, 5.74) is 0. The molecule has 1 unspecified atom stereocenters. The zero-order valence-electron chi connectivity index (χ0n) is 9.84. The van der Waals surface area contributed by atoms with Gasteiger partial charge in [-0.05, 0) is 18.5 Å². The van der Waals surface area contributed by atoms with Crippen molar-refractivity contribution >= 4 is 11.3 Å². The van der Waals surface area contributed by atoms with Crippen molar-refractivity contribution in [1.29, 1.82) is 0 Å². The molecule has 0 aliphatic heterocycles. The molecule has 0 amide bonds. The fourth-order valence-corrected chi connectivity index (χ4v) is 2.15. The highest BCUT2D eigenvalue weighted by Gasteiger charge is 2.14. The Morgan fingerprint density at radius 1 is 1.59 bits per heavy atom. The quantitative estimate of drug-likeness (QED) is 0.847. The average Bonchev–Trinajstić information content (AvgIpc) is 2.98. The molecule has 6 heteroatoms. The van der Waals surface area contributed by atoms with E-state index >= 15 is 0 Å². The predicted molar refractivity (Wildman–Crippen MR) is 66.0 cm³/mol. The molecular formula is C11H15N3O2S. The van der Waals surface area contributed by atoms with Crippen molar-refractivity contribution < 1.29 is 9.26 Å². The van der Waals surface area contributed by atoms with Crippen LogP contribution in [0, 0.1) is 0 Å². The first kappa shape index (κ1) is 12.2. The van der Waals surface area contributed by atoms with E-state index in [0.717, 1.165) is 4.88 Å². The molecule has 0 saturated carbocycles. The Morgan fingerprint density at radius 2 is 2.47 bits per heavy atom. The smallest absolute Gasteiger partial charge is 0.228 e. The topological polar surface area (TPSA) is 60.2 Å². The van der Waals surface area contributed by atoms with E-state index in [1.165, 1.54) is 0 Å². The Kier molecular flexibility index (Phi) is 4.24. The van der Waals surface area contributed by atoms with E-state index in [0.29, 0.717) is 24.7 Å². The molecule has 2 aromatic rings.